The second-order valence-electron chi connectivity index (χ2n) is 4.35. The maximum absolute atomic E-state index is 12.2. The Hall–Kier alpha value is -1.66. The van der Waals surface area contributed by atoms with E-state index in [9.17, 15) is 9.59 Å². The Labute approximate surface area is 117 Å². The molecule has 0 radical (unpaired) electrons. The van der Waals surface area contributed by atoms with E-state index in [-0.39, 0.29) is 30.0 Å². The third-order valence-corrected chi connectivity index (χ3v) is 3.03. The van der Waals surface area contributed by atoms with E-state index in [1.165, 1.54) is 12.3 Å². The second-order valence-corrected chi connectivity index (χ2v) is 4.35. The third-order valence-electron chi connectivity index (χ3n) is 3.03. The highest BCUT2D eigenvalue weighted by Crippen LogP contribution is 2.10. The summed E-state index contributed by atoms with van der Waals surface area (Å²) in [5.41, 5.74) is 5.75. The summed E-state index contributed by atoms with van der Waals surface area (Å²) in [6.07, 6.45) is 1.40. The minimum Gasteiger partial charge on any atom is -0.364 e. The molecule has 19 heavy (non-hydrogen) atoms. The molecule has 6 nitrogen and oxygen atoms in total. The fourth-order valence-electron chi connectivity index (χ4n) is 1.97. The third kappa shape index (κ3) is 3.42. The van der Waals surface area contributed by atoms with Crippen LogP contribution in [0.5, 0.6) is 0 Å². The number of rotatable bonds is 2. The van der Waals surface area contributed by atoms with Gasteiger partial charge in [-0.05, 0) is 19.1 Å². The number of nitrogens with two attached hydrogens (primary N) is 1. The van der Waals surface area contributed by atoms with Crippen molar-refractivity contribution in [3.8, 4) is 0 Å². The molecule has 0 bridgehead atoms. The first-order chi connectivity index (χ1) is 8.59. The number of nitrogens with zero attached hydrogens (tertiary/aromatic N) is 2. The standard InChI is InChI=1S/C12H16N4O2.ClH/c1-8-6-14-4-5-16(8)12(18)9-2-3-10(11(13)17)15-7-9;/h2-3,7-8,14H,4-6H2,1H3,(H2,13,17);1H/t8-;/m1./s1. The summed E-state index contributed by atoms with van der Waals surface area (Å²) in [5.74, 6) is -0.656. The first kappa shape index (κ1) is 15.4. The molecule has 1 atom stereocenters. The monoisotopic (exact) mass is 284 g/mol. The lowest BCUT2D eigenvalue weighted by Gasteiger charge is -2.33. The van der Waals surface area contributed by atoms with Crippen molar-refractivity contribution in [1.29, 1.82) is 0 Å². The lowest BCUT2D eigenvalue weighted by atomic mass is 10.1. The fraction of sp³-hybridized carbons (Fsp3) is 0.417. The summed E-state index contributed by atoms with van der Waals surface area (Å²) < 4.78 is 0. The Morgan fingerprint density at radius 3 is 2.74 bits per heavy atom. The Morgan fingerprint density at radius 2 is 2.21 bits per heavy atom. The van der Waals surface area contributed by atoms with E-state index in [0.29, 0.717) is 12.1 Å². The van der Waals surface area contributed by atoms with Gasteiger partial charge in [0.1, 0.15) is 5.69 Å². The fourth-order valence-corrected chi connectivity index (χ4v) is 1.97. The molecule has 1 aliphatic rings. The van der Waals surface area contributed by atoms with E-state index in [0.717, 1.165) is 13.1 Å². The lowest BCUT2D eigenvalue weighted by molar-refractivity contribution is 0.0655. The van der Waals surface area contributed by atoms with Gasteiger partial charge in [-0.25, -0.2) is 0 Å². The van der Waals surface area contributed by atoms with Gasteiger partial charge in [0, 0.05) is 31.9 Å². The number of carbonyl (C=O) groups is 2. The van der Waals surface area contributed by atoms with Gasteiger partial charge in [-0.3, -0.25) is 14.6 Å². The summed E-state index contributed by atoms with van der Waals surface area (Å²) in [4.78, 5) is 28.8. The van der Waals surface area contributed by atoms with E-state index < -0.39 is 5.91 Å². The highest BCUT2D eigenvalue weighted by Gasteiger charge is 2.24. The number of carbonyl (C=O) groups excluding carboxylic acids is 2. The molecule has 0 spiro atoms. The molecule has 1 aliphatic heterocycles. The van der Waals surface area contributed by atoms with Gasteiger partial charge in [-0.15, -0.1) is 12.4 Å². The lowest BCUT2D eigenvalue weighted by Crippen LogP contribution is -2.52. The minimum atomic E-state index is -0.593. The molecule has 2 rings (SSSR count). The number of pyridine rings is 1. The second kappa shape index (κ2) is 6.49. The van der Waals surface area contributed by atoms with Crippen LogP contribution in [0.15, 0.2) is 18.3 Å². The molecule has 0 saturated carbocycles. The van der Waals surface area contributed by atoms with Crippen molar-refractivity contribution >= 4 is 24.2 Å². The largest absolute Gasteiger partial charge is 0.364 e. The van der Waals surface area contributed by atoms with Crippen molar-refractivity contribution in [2.75, 3.05) is 19.6 Å². The summed E-state index contributed by atoms with van der Waals surface area (Å²) in [5, 5.41) is 3.22. The van der Waals surface area contributed by atoms with Gasteiger partial charge in [0.25, 0.3) is 11.8 Å². The van der Waals surface area contributed by atoms with Crippen LogP contribution in [-0.4, -0.2) is 47.4 Å². The summed E-state index contributed by atoms with van der Waals surface area (Å²) in [7, 11) is 0. The number of aromatic nitrogens is 1. The molecular weight excluding hydrogens is 268 g/mol. The first-order valence-corrected chi connectivity index (χ1v) is 5.87. The molecule has 2 amide bonds. The Kier molecular flexibility index (Phi) is 5.26. The zero-order chi connectivity index (χ0) is 13.1. The topological polar surface area (TPSA) is 88.3 Å². The molecule has 1 fully saturated rings. The number of halogens is 1. The van der Waals surface area contributed by atoms with Crippen LogP contribution in [0.4, 0.5) is 0 Å². The Morgan fingerprint density at radius 1 is 1.47 bits per heavy atom. The predicted molar refractivity (Wildman–Crippen MR) is 73.4 cm³/mol. The van der Waals surface area contributed by atoms with Crippen LogP contribution in [0.25, 0.3) is 0 Å². The van der Waals surface area contributed by atoms with Crippen molar-refractivity contribution in [2.24, 2.45) is 5.73 Å². The molecule has 3 N–H and O–H groups in total. The van der Waals surface area contributed by atoms with Crippen molar-refractivity contribution in [1.82, 2.24) is 15.2 Å². The van der Waals surface area contributed by atoms with E-state index in [2.05, 4.69) is 10.3 Å². The Bertz CT molecular complexity index is 463. The van der Waals surface area contributed by atoms with Crippen molar-refractivity contribution in [3.63, 3.8) is 0 Å². The molecular formula is C12H17ClN4O2. The molecule has 0 aromatic carbocycles. The summed E-state index contributed by atoms with van der Waals surface area (Å²) in [6.45, 7) is 4.26. The average molecular weight is 285 g/mol. The quantitative estimate of drug-likeness (QED) is 0.802. The average Bonchev–Trinajstić information content (AvgIpc) is 2.38. The molecule has 104 valence electrons. The van der Waals surface area contributed by atoms with Gasteiger partial charge in [-0.1, -0.05) is 0 Å². The smallest absolute Gasteiger partial charge is 0.267 e. The van der Waals surface area contributed by atoms with Gasteiger partial charge in [0.05, 0.1) is 5.56 Å². The number of nitrogens with one attached hydrogen (secondary N) is 1. The van der Waals surface area contributed by atoms with Crippen molar-refractivity contribution < 1.29 is 9.59 Å². The number of hydrogen-bond donors (Lipinski definition) is 2. The highest BCUT2D eigenvalue weighted by molar-refractivity contribution is 5.96. The molecule has 2 heterocycles. The van der Waals surface area contributed by atoms with Crippen molar-refractivity contribution in [2.45, 2.75) is 13.0 Å². The SMILES string of the molecule is C[C@@H]1CNCCN1C(=O)c1ccc(C(N)=O)nc1.Cl. The number of hydrogen-bond acceptors (Lipinski definition) is 4. The molecule has 1 saturated heterocycles. The maximum atomic E-state index is 12.2. The van der Waals surface area contributed by atoms with E-state index in [1.54, 1.807) is 11.0 Å². The van der Waals surface area contributed by atoms with Gasteiger partial charge < -0.3 is 16.0 Å². The van der Waals surface area contributed by atoms with Crippen LogP contribution in [0, 0.1) is 0 Å². The number of amides is 2. The van der Waals surface area contributed by atoms with Crippen molar-refractivity contribution in [3.05, 3.63) is 29.6 Å². The zero-order valence-electron chi connectivity index (χ0n) is 10.6. The molecule has 0 aliphatic carbocycles. The van der Waals surface area contributed by atoms with Gasteiger partial charge in [0.2, 0.25) is 0 Å². The molecule has 7 heteroatoms. The first-order valence-electron chi connectivity index (χ1n) is 5.87. The van der Waals surface area contributed by atoms with Gasteiger partial charge >= 0.3 is 0 Å². The van der Waals surface area contributed by atoms with Crippen LogP contribution in [0.1, 0.15) is 27.8 Å². The summed E-state index contributed by atoms with van der Waals surface area (Å²) in [6, 6.07) is 3.22. The highest BCUT2D eigenvalue weighted by atomic mass is 35.5. The molecule has 0 unspecified atom stereocenters. The van der Waals surface area contributed by atoms with Crippen LogP contribution in [-0.2, 0) is 0 Å². The van der Waals surface area contributed by atoms with E-state index in [4.69, 9.17) is 5.73 Å². The van der Waals surface area contributed by atoms with Crippen LogP contribution in [0.2, 0.25) is 0 Å². The minimum absolute atomic E-state index is 0. The van der Waals surface area contributed by atoms with Crippen LogP contribution < -0.4 is 11.1 Å². The summed E-state index contributed by atoms with van der Waals surface area (Å²) >= 11 is 0. The normalized spacial score (nSPS) is 18.6. The molecule has 1 aromatic rings. The van der Waals surface area contributed by atoms with Gasteiger partial charge in [0.15, 0.2) is 0 Å². The number of piperazine rings is 1. The Balaban J connectivity index is 0.00000180. The van der Waals surface area contributed by atoms with E-state index in [1.807, 2.05) is 6.92 Å². The zero-order valence-corrected chi connectivity index (χ0v) is 11.4. The molecule has 1 aromatic heterocycles. The van der Waals surface area contributed by atoms with Crippen LogP contribution in [0.3, 0.4) is 0 Å². The van der Waals surface area contributed by atoms with Gasteiger partial charge in [-0.2, -0.15) is 0 Å². The number of primary amides is 1. The predicted octanol–water partition coefficient (Wildman–Crippen LogP) is 0.0362. The maximum Gasteiger partial charge on any atom is 0.267 e. The van der Waals surface area contributed by atoms with Crippen LogP contribution >= 0.6 is 12.4 Å². The van der Waals surface area contributed by atoms with E-state index >= 15 is 0 Å².